The minimum absolute atomic E-state index is 0.0797. The molecule has 7 heteroatoms. The van der Waals surface area contributed by atoms with Gasteiger partial charge in [-0.25, -0.2) is 0 Å². The van der Waals surface area contributed by atoms with Crippen LogP contribution in [0.2, 0.25) is 0 Å². The lowest BCUT2D eigenvalue weighted by molar-refractivity contribution is -0.134. The number of piperidine rings is 2. The number of likely N-dealkylation sites (tertiary alicyclic amines) is 2. The molecule has 2 amide bonds. The molecule has 2 N–H and O–H groups in total. The number of rotatable bonds is 5. The van der Waals surface area contributed by atoms with Crippen molar-refractivity contribution >= 4 is 11.8 Å². The number of benzene rings is 1. The first-order chi connectivity index (χ1) is 13.0. The highest BCUT2D eigenvalue weighted by Crippen LogP contribution is 2.32. The van der Waals surface area contributed by atoms with Gasteiger partial charge in [-0.05, 0) is 50.9 Å². The largest absolute Gasteiger partial charge is 0.497 e. The van der Waals surface area contributed by atoms with E-state index in [1.54, 1.807) is 37.3 Å². The number of carbonyl (C=O) groups excluding carboxylic acids is 2. The van der Waals surface area contributed by atoms with E-state index in [4.69, 9.17) is 15.2 Å². The number of carbonyl (C=O) groups is 2. The number of primary amides is 1. The molecule has 2 fully saturated rings. The maximum atomic E-state index is 13.0. The Morgan fingerprint density at radius 1 is 0.926 bits per heavy atom. The third-order valence-electron chi connectivity index (χ3n) is 5.90. The molecule has 7 nitrogen and oxygen atoms in total. The van der Waals surface area contributed by atoms with Crippen LogP contribution in [0.15, 0.2) is 18.2 Å². The zero-order valence-electron chi connectivity index (χ0n) is 16.2. The minimum Gasteiger partial charge on any atom is -0.497 e. The van der Waals surface area contributed by atoms with E-state index in [0.717, 1.165) is 25.9 Å². The summed E-state index contributed by atoms with van der Waals surface area (Å²) in [5, 5.41) is 0. The number of hydrogen-bond acceptors (Lipinski definition) is 5. The van der Waals surface area contributed by atoms with Crippen molar-refractivity contribution in [2.24, 2.45) is 5.73 Å². The molecular weight excluding hydrogens is 346 g/mol. The fraction of sp³-hybridized carbons (Fsp3) is 0.600. The third kappa shape index (κ3) is 3.88. The SMILES string of the molecule is COc1cc(OC)cc(C(=O)N2CCC(C(N)=O)(N3CCCCC3)CC2)c1. The summed E-state index contributed by atoms with van der Waals surface area (Å²) in [4.78, 5) is 29.3. The molecule has 0 atom stereocenters. The molecule has 0 bridgehead atoms. The molecule has 3 rings (SSSR count). The van der Waals surface area contributed by atoms with Gasteiger partial charge in [-0.15, -0.1) is 0 Å². The van der Waals surface area contributed by atoms with Crippen LogP contribution in [0, 0.1) is 0 Å². The molecule has 2 aliphatic rings. The molecule has 27 heavy (non-hydrogen) atoms. The normalized spacial score (nSPS) is 20.1. The molecule has 148 valence electrons. The summed E-state index contributed by atoms with van der Waals surface area (Å²) in [7, 11) is 3.12. The molecule has 1 aromatic carbocycles. The van der Waals surface area contributed by atoms with Crippen molar-refractivity contribution in [3.05, 3.63) is 23.8 Å². The number of amides is 2. The molecule has 0 spiro atoms. The van der Waals surface area contributed by atoms with Crippen LogP contribution in [-0.2, 0) is 4.79 Å². The first-order valence-electron chi connectivity index (χ1n) is 9.57. The van der Waals surface area contributed by atoms with E-state index >= 15 is 0 Å². The van der Waals surface area contributed by atoms with E-state index in [-0.39, 0.29) is 11.8 Å². The Morgan fingerprint density at radius 2 is 1.48 bits per heavy atom. The Labute approximate surface area is 160 Å². The summed E-state index contributed by atoms with van der Waals surface area (Å²) in [6, 6.07) is 5.16. The van der Waals surface area contributed by atoms with Gasteiger partial charge in [0, 0.05) is 24.7 Å². The van der Waals surface area contributed by atoms with E-state index in [9.17, 15) is 9.59 Å². The van der Waals surface area contributed by atoms with Gasteiger partial charge in [0.2, 0.25) is 5.91 Å². The van der Waals surface area contributed by atoms with Gasteiger partial charge in [0.15, 0.2) is 0 Å². The van der Waals surface area contributed by atoms with Crippen molar-refractivity contribution in [2.45, 2.75) is 37.6 Å². The predicted octanol–water partition coefficient (Wildman–Crippen LogP) is 1.65. The van der Waals surface area contributed by atoms with Crippen LogP contribution >= 0.6 is 0 Å². The molecule has 2 saturated heterocycles. The average Bonchev–Trinajstić information content (AvgIpc) is 2.73. The Balaban J connectivity index is 1.74. The summed E-state index contributed by atoms with van der Waals surface area (Å²) in [6.45, 7) is 2.84. The van der Waals surface area contributed by atoms with Gasteiger partial charge in [0.1, 0.15) is 17.0 Å². The van der Waals surface area contributed by atoms with Gasteiger partial charge >= 0.3 is 0 Å². The molecule has 0 unspecified atom stereocenters. The number of nitrogens with zero attached hydrogens (tertiary/aromatic N) is 2. The van der Waals surface area contributed by atoms with Crippen molar-refractivity contribution in [2.75, 3.05) is 40.4 Å². The lowest BCUT2D eigenvalue weighted by Gasteiger charge is -2.48. The fourth-order valence-corrected chi connectivity index (χ4v) is 4.23. The highest BCUT2D eigenvalue weighted by atomic mass is 16.5. The third-order valence-corrected chi connectivity index (χ3v) is 5.90. The standard InChI is InChI=1S/C20H29N3O4/c1-26-16-12-15(13-17(14-16)27-2)18(24)22-10-6-20(7-11-22,19(21)25)23-8-4-3-5-9-23/h12-14H,3-11H2,1-2H3,(H2,21,25). The Bertz CT molecular complexity index is 670. The second kappa shape index (κ2) is 8.17. The van der Waals surface area contributed by atoms with Crippen LogP contribution in [0.1, 0.15) is 42.5 Å². The van der Waals surface area contributed by atoms with Crippen LogP contribution in [0.3, 0.4) is 0 Å². The Morgan fingerprint density at radius 3 is 1.96 bits per heavy atom. The number of nitrogens with two attached hydrogens (primary N) is 1. The summed E-state index contributed by atoms with van der Waals surface area (Å²) >= 11 is 0. The van der Waals surface area contributed by atoms with Gasteiger partial charge in [-0.1, -0.05) is 6.42 Å². The summed E-state index contributed by atoms with van der Waals surface area (Å²) in [5.41, 5.74) is 5.73. The van der Waals surface area contributed by atoms with Crippen molar-refractivity contribution in [1.29, 1.82) is 0 Å². The predicted molar refractivity (Wildman–Crippen MR) is 102 cm³/mol. The smallest absolute Gasteiger partial charge is 0.254 e. The van der Waals surface area contributed by atoms with E-state index in [1.165, 1.54) is 6.42 Å². The van der Waals surface area contributed by atoms with E-state index < -0.39 is 5.54 Å². The zero-order valence-corrected chi connectivity index (χ0v) is 16.2. The van der Waals surface area contributed by atoms with Crippen molar-refractivity contribution < 1.29 is 19.1 Å². The van der Waals surface area contributed by atoms with Gasteiger partial charge in [-0.3, -0.25) is 14.5 Å². The highest BCUT2D eigenvalue weighted by molar-refractivity contribution is 5.95. The van der Waals surface area contributed by atoms with Gasteiger partial charge in [-0.2, -0.15) is 0 Å². The van der Waals surface area contributed by atoms with Gasteiger partial charge < -0.3 is 20.1 Å². The minimum atomic E-state index is -0.622. The summed E-state index contributed by atoms with van der Waals surface area (Å²) in [6.07, 6.45) is 4.56. The van der Waals surface area contributed by atoms with Crippen molar-refractivity contribution in [3.63, 3.8) is 0 Å². The maximum Gasteiger partial charge on any atom is 0.254 e. The molecule has 0 saturated carbocycles. The monoisotopic (exact) mass is 375 g/mol. The fourth-order valence-electron chi connectivity index (χ4n) is 4.23. The molecule has 1 aromatic rings. The van der Waals surface area contributed by atoms with Crippen LogP contribution in [-0.4, -0.2) is 67.6 Å². The average molecular weight is 375 g/mol. The summed E-state index contributed by atoms with van der Waals surface area (Å²) in [5.74, 6) is 0.812. The van der Waals surface area contributed by atoms with Crippen LogP contribution < -0.4 is 15.2 Å². The lowest BCUT2D eigenvalue weighted by atomic mass is 9.83. The number of ether oxygens (including phenoxy) is 2. The lowest BCUT2D eigenvalue weighted by Crippen LogP contribution is -2.63. The van der Waals surface area contributed by atoms with Crippen LogP contribution in [0.4, 0.5) is 0 Å². The maximum absolute atomic E-state index is 13.0. The first-order valence-corrected chi connectivity index (χ1v) is 9.57. The van der Waals surface area contributed by atoms with Gasteiger partial charge in [0.25, 0.3) is 5.91 Å². The van der Waals surface area contributed by atoms with E-state index in [2.05, 4.69) is 4.90 Å². The summed E-state index contributed by atoms with van der Waals surface area (Å²) < 4.78 is 10.5. The molecule has 0 aromatic heterocycles. The molecule has 0 aliphatic carbocycles. The van der Waals surface area contributed by atoms with Crippen molar-refractivity contribution in [3.8, 4) is 11.5 Å². The molecule has 2 heterocycles. The second-order valence-corrected chi connectivity index (χ2v) is 7.34. The molecular formula is C20H29N3O4. The highest BCUT2D eigenvalue weighted by Gasteiger charge is 2.45. The van der Waals surface area contributed by atoms with E-state index in [0.29, 0.717) is 43.0 Å². The topological polar surface area (TPSA) is 85.1 Å². The van der Waals surface area contributed by atoms with Crippen LogP contribution in [0.25, 0.3) is 0 Å². The first kappa shape index (κ1) is 19.5. The van der Waals surface area contributed by atoms with Gasteiger partial charge in [0.05, 0.1) is 14.2 Å². The second-order valence-electron chi connectivity index (χ2n) is 7.34. The van der Waals surface area contributed by atoms with Crippen LogP contribution in [0.5, 0.6) is 11.5 Å². The van der Waals surface area contributed by atoms with Crippen molar-refractivity contribution in [1.82, 2.24) is 9.80 Å². The number of hydrogen-bond donors (Lipinski definition) is 1. The molecule has 2 aliphatic heterocycles. The quantitative estimate of drug-likeness (QED) is 0.846. The molecule has 0 radical (unpaired) electrons. The zero-order chi connectivity index (χ0) is 19.4. The Hall–Kier alpha value is -2.28. The number of methoxy groups -OCH3 is 2. The Kier molecular flexibility index (Phi) is 5.89. The van der Waals surface area contributed by atoms with E-state index in [1.807, 2.05) is 0 Å².